The molecule has 0 bridgehead atoms. The highest BCUT2D eigenvalue weighted by Crippen LogP contribution is 2.37. The first-order valence-corrected chi connectivity index (χ1v) is 8.52. The molecule has 2 aromatic heterocycles. The normalized spacial score (nSPS) is 13.2. The van der Waals surface area contributed by atoms with Crippen molar-refractivity contribution in [3.05, 3.63) is 51.3 Å². The van der Waals surface area contributed by atoms with Gasteiger partial charge >= 0.3 is 0 Å². The lowest BCUT2D eigenvalue weighted by molar-refractivity contribution is 0.883. The molecule has 3 heterocycles. The second-order valence-electron chi connectivity index (χ2n) is 5.15. The minimum atomic E-state index is 0.985. The number of thiophene rings is 1. The van der Waals surface area contributed by atoms with Gasteiger partial charge in [-0.1, -0.05) is 22.0 Å². The van der Waals surface area contributed by atoms with Gasteiger partial charge in [0.1, 0.15) is 11.5 Å². The van der Waals surface area contributed by atoms with Gasteiger partial charge < -0.3 is 5.32 Å². The number of nitrogens with one attached hydrogen (secondary N) is 1. The zero-order chi connectivity index (χ0) is 14.4. The number of hydrogen-bond donors (Lipinski definition) is 1. The van der Waals surface area contributed by atoms with Crippen LogP contribution >= 0.6 is 27.3 Å². The molecule has 4 rings (SSSR count). The number of halogens is 1. The lowest BCUT2D eigenvalue weighted by Gasteiger charge is -2.06. The van der Waals surface area contributed by atoms with Crippen molar-refractivity contribution in [1.82, 2.24) is 9.78 Å². The predicted molar refractivity (Wildman–Crippen MR) is 91.5 cm³/mol. The molecule has 1 aliphatic rings. The summed E-state index contributed by atoms with van der Waals surface area (Å²) >= 11 is 5.34. The van der Waals surface area contributed by atoms with Crippen LogP contribution in [-0.4, -0.2) is 16.3 Å². The van der Waals surface area contributed by atoms with Crippen LogP contribution in [0, 0.1) is 6.92 Å². The third kappa shape index (κ3) is 2.21. The fourth-order valence-electron chi connectivity index (χ4n) is 2.73. The van der Waals surface area contributed by atoms with Gasteiger partial charge in [-0.05, 0) is 43.7 Å². The van der Waals surface area contributed by atoms with Crippen molar-refractivity contribution in [3.8, 4) is 16.3 Å². The first kappa shape index (κ1) is 13.1. The largest absolute Gasteiger partial charge is 0.369 e. The van der Waals surface area contributed by atoms with Crippen molar-refractivity contribution in [2.75, 3.05) is 11.9 Å². The molecule has 0 amide bonds. The summed E-state index contributed by atoms with van der Waals surface area (Å²) in [4.78, 5) is 2.57. The van der Waals surface area contributed by atoms with Crippen molar-refractivity contribution >= 4 is 33.1 Å². The molecule has 3 nitrogen and oxygen atoms in total. The Hall–Kier alpha value is -1.59. The fraction of sp³-hybridized carbons (Fsp3) is 0.188. The summed E-state index contributed by atoms with van der Waals surface area (Å²) in [5.74, 6) is 1.13. The van der Waals surface area contributed by atoms with Crippen LogP contribution in [0.15, 0.2) is 40.9 Å². The van der Waals surface area contributed by atoms with Crippen LogP contribution < -0.4 is 5.32 Å². The minimum Gasteiger partial charge on any atom is -0.369 e. The van der Waals surface area contributed by atoms with Crippen LogP contribution in [0.5, 0.6) is 0 Å². The second-order valence-corrected chi connectivity index (χ2v) is 7.36. The summed E-state index contributed by atoms with van der Waals surface area (Å²) in [6, 6.07) is 12.6. The molecule has 0 unspecified atom stereocenters. The Morgan fingerprint density at radius 2 is 2.19 bits per heavy atom. The quantitative estimate of drug-likeness (QED) is 0.722. The number of hydrogen-bond acceptors (Lipinski definition) is 3. The van der Waals surface area contributed by atoms with Crippen LogP contribution in [0.2, 0.25) is 0 Å². The molecule has 0 atom stereocenters. The topological polar surface area (TPSA) is 29.9 Å². The number of aromatic nitrogens is 2. The van der Waals surface area contributed by atoms with E-state index in [9.17, 15) is 0 Å². The first-order chi connectivity index (χ1) is 10.2. The maximum Gasteiger partial charge on any atom is 0.133 e. The third-order valence-electron chi connectivity index (χ3n) is 3.68. The number of nitrogens with zero attached hydrogens (tertiary/aromatic N) is 2. The molecule has 1 N–H and O–H groups in total. The molecule has 0 radical (unpaired) electrons. The highest BCUT2D eigenvalue weighted by atomic mass is 79.9. The molecule has 1 aromatic carbocycles. The average molecular weight is 360 g/mol. The number of rotatable bonds is 2. The zero-order valence-electron chi connectivity index (χ0n) is 11.6. The summed E-state index contributed by atoms with van der Waals surface area (Å²) in [5.41, 5.74) is 3.53. The van der Waals surface area contributed by atoms with E-state index in [0.717, 1.165) is 34.6 Å². The van der Waals surface area contributed by atoms with Crippen LogP contribution in [-0.2, 0) is 6.42 Å². The van der Waals surface area contributed by atoms with Gasteiger partial charge in [0, 0.05) is 21.5 Å². The molecule has 3 aromatic rings. The van der Waals surface area contributed by atoms with Gasteiger partial charge in [-0.3, -0.25) is 0 Å². The Balaban J connectivity index is 1.90. The SMILES string of the molecule is Cc1ccc(-c2nn(-c3cccc(Br)c3)c3c2CCN3)s1. The minimum absolute atomic E-state index is 0.985. The monoisotopic (exact) mass is 359 g/mol. The average Bonchev–Trinajstić information content (AvgIpc) is 3.14. The van der Waals surface area contributed by atoms with E-state index in [4.69, 9.17) is 5.10 Å². The Morgan fingerprint density at radius 1 is 1.29 bits per heavy atom. The van der Waals surface area contributed by atoms with Crippen molar-refractivity contribution in [3.63, 3.8) is 0 Å². The summed E-state index contributed by atoms with van der Waals surface area (Å²) in [6.45, 7) is 3.12. The number of aryl methyl sites for hydroxylation is 1. The maximum absolute atomic E-state index is 4.87. The van der Waals surface area contributed by atoms with Crippen LogP contribution in [0.3, 0.4) is 0 Å². The van der Waals surface area contributed by atoms with E-state index in [1.165, 1.54) is 15.3 Å². The van der Waals surface area contributed by atoms with Crippen LogP contribution in [0.4, 0.5) is 5.82 Å². The summed E-state index contributed by atoms with van der Waals surface area (Å²) in [6.07, 6.45) is 1.04. The van der Waals surface area contributed by atoms with Gasteiger partial charge in [-0.2, -0.15) is 5.10 Å². The van der Waals surface area contributed by atoms with Crippen molar-refractivity contribution in [1.29, 1.82) is 0 Å². The number of anilines is 1. The fourth-order valence-corrected chi connectivity index (χ4v) is 4.00. The van der Waals surface area contributed by atoms with Gasteiger partial charge in [0.15, 0.2) is 0 Å². The van der Waals surface area contributed by atoms with Crippen molar-refractivity contribution in [2.45, 2.75) is 13.3 Å². The second kappa shape index (κ2) is 5.00. The van der Waals surface area contributed by atoms with E-state index in [0.29, 0.717) is 0 Å². The molecule has 0 aliphatic carbocycles. The van der Waals surface area contributed by atoms with E-state index in [1.807, 2.05) is 16.8 Å². The highest BCUT2D eigenvalue weighted by molar-refractivity contribution is 9.10. The highest BCUT2D eigenvalue weighted by Gasteiger charge is 2.24. The summed E-state index contributed by atoms with van der Waals surface area (Å²) < 4.78 is 3.09. The van der Waals surface area contributed by atoms with Crippen molar-refractivity contribution in [2.24, 2.45) is 0 Å². The van der Waals surface area contributed by atoms with Crippen LogP contribution in [0.25, 0.3) is 16.3 Å². The lowest BCUT2D eigenvalue weighted by Crippen LogP contribution is -2.04. The first-order valence-electron chi connectivity index (χ1n) is 6.91. The molecule has 0 saturated heterocycles. The van der Waals surface area contributed by atoms with E-state index in [1.54, 1.807) is 11.3 Å². The van der Waals surface area contributed by atoms with Gasteiger partial charge in [-0.15, -0.1) is 11.3 Å². The van der Waals surface area contributed by atoms with Gasteiger partial charge in [0.05, 0.1) is 10.6 Å². The van der Waals surface area contributed by atoms with E-state index in [2.05, 4.69) is 52.4 Å². The summed E-state index contributed by atoms with van der Waals surface area (Å²) in [5, 5.41) is 8.34. The molecule has 21 heavy (non-hydrogen) atoms. The summed E-state index contributed by atoms with van der Waals surface area (Å²) in [7, 11) is 0. The molecular formula is C16H14BrN3S. The molecular weight excluding hydrogens is 346 g/mol. The number of benzene rings is 1. The Morgan fingerprint density at radius 3 is 2.95 bits per heavy atom. The Kier molecular flexibility index (Phi) is 3.12. The van der Waals surface area contributed by atoms with Gasteiger partial charge in [0.25, 0.3) is 0 Å². The smallest absolute Gasteiger partial charge is 0.133 e. The van der Waals surface area contributed by atoms with E-state index < -0.39 is 0 Å². The zero-order valence-corrected chi connectivity index (χ0v) is 14.0. The molecule has 1 aliphatic heterocycles. The van der Waals surface area contributed by atoms with Gasteiger partial charge in [0.2, 0.25) is 0 Å². The van der Waals surface area contributed by atoms with E-state index >= 15 is 0 Å². The Bertz CT molecular complexity index is 819. The molecule has 5 heteroatoms. The third-order valence-corrected chi connectivity index (χ3v) is 5.18. The molecule has 106 valence electrons. The molecule has 0 spiro atoms. The number of fused-ring (bicyclic) bond motifs is 1. The van der Waals surface area contributed by atoms with Crippen LogP contribution in [0.1, 0.15) is 10.4 Å². The van der Waals surface area contributed by atoms with Crippen molar-refractivity contribution < 1.29 is 0 Å². The Labute approximate surface area is 135 Å². The molecule has 0 fully saturated rings. The lowest BCUT2D eigenvalue weighted by atomic mass is 10.2. The van der Waals surface area contributed by atoms with Gasteiger partial charge in [-0.25, -0.2) is 4.68 Å². The predicted octanol–water partition coefficient (Wildman–Crippen LogP) is 4.64. The standard InChI is InChI=1S/C16H14BrN3S/c1-10-5-6-14(21-10)15-13-7-8-18-16(13)20(19-15)12-4-2-3-11(17)9-12/h2-6,9,18H,7-8H2,1H3. The molecule has 0 saturated carbocycles. The maximum atomic E-state index is 4.87. The van der Waals surface area contributed by atoms with E-state index in [-0.39, 0.29) is 0 Å².